The first-order valence-electron chi connectivity index (χ1n) is 15.0. The van der Waals surface area contributed by atoms with E-state index < -0.39 is 30.5 Å². The number of amides is 2. The molecule has 0 aromatic rings. The molecule has 1 aliphatic heterocycles. The average molecular weight is 577 g/mol. The van der Waals surface area contributed by atoms with Gasteiger partial charge in [0.05, 0.1) is 18.3 Å². The molecule has 0 spiro atoms. The van der Waals surface area contributed by atoms with E-state index in [1.54, 1.807) is 18.2 Å². The molecule has 8 nitrogen and oxygen atoms in total. The highest BCUT2D eigenvalue weighted by Crippen LogP contribution is 2.29. The third-order valence-electron chi connectivity index (χ3n) is 8.55. The second-order valence-corrected chi connectivity index (χ2v) is 12.6. The van der Waals surface area contributed by atoms with Crippen LogP contribution in [0.1, 0.15) is 74.7 Å². The van der Waals surface area contributed by atoms with Gasteiger partial charge in [-0.3, -0.25) is 4.79 Å². The van der Waals surface area contributed by atoms with E-state index in [0.717, 1.165) is 12.0 Å². The Labute approximate surface area is 247 Å². The van der Waals surface area contributed by atoms with Crippen LogP contribution in [0.2, 0.25) is 0 Å². The Hall–Kier alpha value is -2.42. The number of hydrogen-bond donors (Lipinski definition) is 5. The molecular formula is C33H56N2O6. The van der Waals surface area contributed by atoms with Crippen LogP contribution >= 0.6 is 0 Å². The summed E-state index contributed by atoms with van der Waals surface area (Å²) in [5.41, 5.74) is 6.34. The summed E-state index contributed by atoms with van der Waals surface area (Å²) in [5, 5.41) is 35.6. The number of hydrogen-bond acceptors (Lipinski definition) is 6. The summed E-state index contributed by atoms with van der Waals surface area (Å²) in [7, 11) is 0. The first-order valence-corrected chi connectivity index (χ1v) is 15.0. The summed E-state index contributed by atoms with van der Waals surface area (Å²) in [6.45, 7) is 19.2. The second kappa shape index (κ2) is 17.5. The maximum Gasteiger partial charge on any atom is 0.404 e. The van der Waals surface area contributed by atoms with Gasteiger partial charge in [-0.25, -0.2) is 4.79 Å². The van der Waals surface area contributed by atoms with Gasteiger partial charge in [-0.05, 0) is 38.0 Å². The Morgan fingerprint density at radius 2 is 1.68 bits per heavy atom. The highest BCUT2D eigenvalue weighted by molar-refractivity contribution is 5.79. The zero-order valence-electron chi connectivity index (χ0n) is 26.4. The fourth-order valence-electron chi connectivity index (χ4n) is 5.97. The van der Waals surface area contributed by atoms with Crippen LogP contribution in [0.3, 0.4) is 0 Å². The van der Waals surface area contributed by atoms with E-state index in [9.17, 15) is 24.9 Å². The van der Waals surface area contributed by atoms with E-state index in [1.165, 1.54) is 0 Å². The normalized spacial score (nSPS) is 26.9. The smallest absolute Gasteiger partial charge is 0.404 e. The maximum atomic E-state index is 12.0. The van der Waals surface area contributed by atoms with Gasteiger partial charge in [0, 0.05) is 35.6 Å². The fourth-order valence-corrected chi connectivity index (χ4v) is 5.97. The number of nitrogens with one attached hydrogen (secondary N) is 1. The van der Waals surface area contributed by atoms with Crippen LogP contribution in [-0.2, 0) is 9.53 Å². The van der Waals surface area contributed by atoms with Gasteiger partial charge in [0.15, 0.2) is 0 Å². The van der Waals surface area contributed by atoms with E-state index >= 15 is 0 Å². The number of aliphatic hydroxyl groups excluding tert-OH is 3. The molecule has 0 unspecified atom stereocenters. The minimum absolute atomic E-state index is 0.00182. The number of carbonyl (C=O) groups excluding carboxylic acids is 2. The van der Waals surface area contributed by atoms with Crippen LogP contribution < -0.4 is 11.1 Å². The summed E-state index contributed by atoms with van der Waals surface area (Å²) < 4.78 is 5.37. The molecule has 1 rings (SSSR count). The lowest BCUT2D eigenvalue weighted by atomic mass is 9.81. The highest BCUT2D eigenvalue weighted by atomic mass is 16.6. The lowest BCUT2D eigenvalue weighted by Crippen LogP contribution is -2.49. The first kappa shape index (κ1) is 36.6. The van der Waals surface area contributed by atoms with Gasteiger partial charge in [0.2, 0.25) is 5.91 Å². The Kier molecular flexibility index (Phi) is 15.6. The molecule has 0 bridgehead atoms. The summed E-state index contributed by atoms with van der Waals surface area (Å²) in [6.07, 6.45) is 9.14. The van der Waals surface area contributed by atoms with Crippen molar-refractivity contribution in [1.29, 1.82) is 0 Å². The largest absolute Gasteiger partial charge is 0.445 e. The van der Waals surface area contributed by atoms with Crippen molar-refractivity contribution in [1.82, 2.24) is 5.32 Å². The third-order valence-corrected chi connectivity index (χ3v) is 8.55. The van der Waals surface area contributed by atoms with Crippen LogP contribution in [0.5, 0.6) is 0 Å². The zero-order valence-corrected chi connectivity index (χ0v) is 26.4. The monoisotopic (exact) mass is 576 g/mol. The van der Waals surface area contributed by atoms with E-state index in [0.29, 0.717) is 18.8 Å². The number of allylic oxidation sites excluding steroid dienone is 3. The molecule has 1 aliphatic rings. The van der Waals surface area contributed by atoms with Crippen molar-refractivity contribution in [3.05, 3.63) is 48.6 Å². The van der Waals surface area contributed by atoms with E-state index in [-0.39, 0.29) is 47.5 Å². The Bertz CT molecular complexity index is 931. The molecule has 0 aromatic heterocycles. The van der Waals surface area contributed by atoms with E-state index in [4.69, 9.17) is 10.5 Å². The van der Waals surface area contributed by atoms with Gasteiger partial charge in [0.1, 0.15) is 6.10 Å². The third kappa shape index (κ3) is 12.1. The van der Waals surface area contributed by atoms with Crippen LogP contribution in [0.4, 0.5) is 4.79 Å². The highest BCUT2D eigenvalue weighted by Gasteiger charge is 2.34. The van der Waals surface area contributed by atoms with Crippen LogP contribution in [0.25, 0.3) is 0 Å². The number of piperidine rings is 1. The van der Waals surface area contributed by atoms with Gasteiger partial charge in [-0.15, -0.1) is 0 Å². The number of nitrogens with two attached hydrogens (primary N) is 1. The van der Waals surface area contributed by atoms with Crippen LogP contribution in [0, 0.1) is 41.4 Å². The second-order valence-electron chi connectivity index (χ2n) is 12.6. The van der Waals surface area contributed by atoms with Crippen molar-refractivity contribution in [3.63, 3.8) is 0 Å². The molecule has 1 fully saturated rings. The van der Waals surface area contributed by atoms with Gasteiger partial charge >= 0.3 is 6.09 Å². The lowest BCUT2D eigenvalue weighted by molar-refractivity contribution is -0.128. The predicted octanol–water partition coefficient (Wildman–Crippen LogP) is 4.90. The van der Waals surface area contributed by atoms with Crippen molar-refractivity contribution < 1.29 is 29.6 Å². The standard InChI is InChI=1S/C33H56N2O6/c1-10-11-12-21(4)31(41-33(34)40)26(9)30(38)24(7)16-19(2)15-23(6)29(37)20(3)13-14-27(36)18-28-22(5)17-25(8)32(39)35-28/h10-15,20-31,36-38H,1,16-18H2,2-9H3,(H2,34,40)(H,35,39)/t20-,21-,22+,23-,24-,25+,26-,27+,28-,29-,30+,31-/m0/s1. The Morgan fingerprint density at radius 3 is 2.27 bits per heavy atom. The SMILES string of the molecule is C=CC=C[C@H](C)[C@H](OC(N)=O)[C@@H](C)[C@H](O)[C@@H](C)CC(C)=C[C@H](C)[C@@H](O)[C@@H](C)C=C[C@@H](O)C[C@@H]1NC(=O)[C@H](C)C[C@H]1C. The summed E-state index contributed by atoms with van der Waals surface area (Å²) in [5.74, 6) is -0.659. The minimum atomic E-state index is -0.875. The molecule has 8 heteroatoms. The molecule has 1 heterocycles. The Balaban J connectivity index is 2.74. The van der Waals surface area contributed by atoms with Gasteiger partial charge in [0.25, 0.3) is 0 Å². The molecule has 0 aromatic carbocycles. The molecule has 12 atom stereocenters. The predicted molar refractivity (Wildman–Crippen MR) is 165 cm³/mol. The van der Waals surface area contributed by atoms with Crippen molar-refractivity contribution in [2.24, 2.45) is 47.2 Å². The molecule has 1 saturated heterocycles. The number of ether oxygens (including phenoxy) is 1. The molecule has 234 valence electrons. The van der Waals surface area contributed by atoms with Crippen LogP contribution in [0.15, 0.2) is 48.6 Å². The number of rotatable bonds is 16. The zero-order chi connectivity index (χ0) is 31.4. The Morgan fingerprint density at radius 1 is 1.05 bits per heavy atom. The quantitative estimate of drug-likeness (QED) is 0.131. The number of carbonyl (C=O) groups is 2. The van der Waals surface area contributed by atoms with E-state index in [2.05, 4.69) is 18.8 Å². The van der Waals surface area contributed by atoms with Gasteiger partial charge in [-0.1, -0.05) is 97.1 Å². The molecular weight excluding hydrogens is 520 g/mol. The minimum Gasteiger partial charge on any atom is -0.445 e. The lowest BCUT2D eigenvalue weighted by Gasteiger charge is -2.34. The van der Waals surface area contributed by atoms with Crippen molar-refractivity contribution in [3.8, 4) is 0 Å². The summed E-state index contributed by atoms with van der Waals surface area (Å²) in [6, 6.07) is -0.0624. The topological polar surface area (TPSA) is 142 Å². The molecule has 0 radical (unpaired) electrons. The van der Waals surface area contributed by atoms with Gasteiger partial charge < -0.3 is 31.1 Å². The number of aliphatic hydroxyl groups is 3. The summed E-state index contributed by atoms with van der Waals surface area (Å²) in [4.78, 5) is 23.5. The van der Waals surface area contributed by atoms with Crippen molar-refractivity contribution in [2.45, 2.75) is 105 Å². The summed E-state index contributed by atoms with van der Waals surface area (Å²) >= 11 is 0. The molecule has 2 amide bonds. The fraction of sp³-hybridized carbons (Fsp3) is 0.697. The molecule has 6 N–H and O–H groups in total. The molecule has 0 aliphatic carbocycles. The number of primary amides is 1. The molecule has 41 heavy (non-hydrogen) atoms. The van der Waals surface area contributed by atoms with Crippen LogP contribution in [-0.4, -0.2) is 57.8 Å². The van der Waals surface area contributed by atoms with Crippen molar-refractivity contribution in [2.75, 3.05) is 0 Å². The van der Waals surface area contributed by atoms with Gasteiger partial charge in [-0.2, -0.15) is 0 Å². The average Bonchev–Trinajstić information content (AvgIpc) is 2.90. The molecule has 0 saturated carbocycles. The maximum absolute atomic E-state index is 12.0. The van der Waals surface area contributed by atoms with Crippen molar-refractivity contribution >= 4 is 12.0 Å². The first-order chi connectivity index (χ1) is 19.1. The van der Waals surface area contributed by atoms with E-state index in [1.807, 2.05) is 66.7 Å².